The lowest BCUT2D eigenvalue weighted by Crippen LogP contribution is -1.99. The molecule has 5 heteroatoms. The van der Waals surface area contributed by atoms with Gasteiger partial charge in [-0.05, 0) is 6.07 Å². The molecule has 65 valence electrons. The molecule has 0 aliphatic heterocycles. The lowest BCUT2D eigenvalue weighted by Gasteiger charge is -1.99. The van der Waals surface area contributed by atoms with Gasteiger partial charge in [-0.3, -0.25) is 0 Å². The van der Waals surface area contributed by atoms with Crippen LogP contribution in [0.15, 0.2) is 24.5 Å². The van der Waals surface area contributed by atoms with Crippen molar-refractivity contribution in [1.82, 2.24) is 20.0 Å². The second-order valence-electron chi connectivity index (χ2n) is 2.30. The number of aromatic nitrogens is 4. The average molecular weight is 175 g/mol. The van der Waals surface area contributed by atoms with Crippen molar-refractivity contribution in [3.63, 3.8) is 0 Å². The minimum Gasteiger partial charge on any atom is -0.481 e. The van der Waals surface area contributed by atoms with Crippen molar-refractivity contribution in [1.29, 1.82) is 0 Å². The maximum Gasteiger partial charge on any atom is 0.213 e. The molecule has 0 aliphatic rings. The quantitative estimate of drug-likeness (QED) is 0.665. The van der Waals surface area contributed by atoms with E-state index in [0.717, 1.165) is 0 Å². The highest BCUT2D eigenvalue weighted by molar-refractivity contribution is 5.27. The molecular weight excluding hydrogens is 168 g/mol. The lowest BCUT2D eigenvalue weighted by molar-refractivity contribution is 0.397. The van der Waals surface area contributed by atoms with Crippen LogP contribution >= 0.6 is 0 Å². The number of hydrogen-bond donors (Lipinski definition) is 0. The minimum absolute atomic E-state index is 0.524. The highest BCUT2D eigenvalue weighted by Crippen LogP contribution is 2.07. The summed E-state index contributed by atoms with van der Waals surface area (Å²) in [6, 6.07) is 3.51. The summed E-state index contributed by atoms with van der Waals surface area (Å²) >= 11 is 0. The number of pyridine rings is 1. The van der Waals surface area contributed by atoms with Gasteiger partial charge in [0.2, 0.25) is 5.88 Å². The SMILES string of the molecule is COc1ccc(-n2nccn2)[c]n1. The van der Waals surface area contributed by atoms with E-state index in [1.807, 2.05) is 0 Å². The maximum absolute atomic E-state index is 4.89. The second-order valence-corrected chi connectivity index (χ2v) is 2.30. The van der Waals surface area contributed by atoms with E-state index in [9.17, 15) is 0 Å². The van der Waals surface area contributed by atoms with Crippen LogP contribution in [0.5, 0.6) is 5.88 Å². The zero-order valence-corrected chi connectivity index (χ0v) is 7.01. The second kappa shape index (κ2) is 3.22. The van der Waals surface area contributed by atoms with Gasteiger partial charge in [0.15, 0.2) is 0 Å². The first-order chi connectivity index (χ1) is 6.40. The van der Waals surface area contributed by atoms with Gasteiger partial charge in [0.25, 0.3) is 0 Å². The van der Waals surface area contributed by atoms with E-state index in [2.05, 4.69) is 21.4 Å². The van der Waals surface area contributed by atoms with Gasteiger partial charge < -0.3 is 4.74 Å². The molecule has 0 aromatic carbocycles. The highest BCUT2D eigenvalue weighted by atomic mass is 16.5. The van der Waals surface area contributed by atoms with Crippen LogP contribution in [0.4, 0.5) is 0 Å². The molecule has 0 atom stereocenters. The molecule has 0 saturated heterocycles. The Balaban J connectivity index is 2.33. The smallest absolute Gasteiger partial charge is 0.213 e. The van der Waals surface area contributed by atoms with Crippen molar-refractivity contribution < 1.29 is 4.74 Å². The van der Waals surface area contributed by atoms with Crippen molar-refractivity contribution in [2.45, 2.75) is 0 Å². The first-order valence-corrected chi connectivity index (χ1v) is 3.69. The van der Waals surface area contributed by atoms with E-state index < -0.39 is 0 Å². The van der Waals surface area contributed by atoms with E-state index in [1.165, 1.54) is 4.80 Å². The summed E-state index contributed by atoms with van der Waals surface area (Å²) < 4.78 is 4.89. The van der Waals surface area contributed by atoms with Gasteiger partial charge in [0, 0.05) is 6.07 Å². The fourth-order valence-corrected chi connectivity index (χ4v) is 0.902. The topological polar surface area (TPSA) is 52.8 Å². The normalized spacial score (nSPS) is 9.92. The Hall–Kier alpha value is -1.91. The van der Waals surface area contributed by atoms with Crippen LogP contribution in [0, 0.1) is 6.20 Å². The molecule has 0 bridgehead atoms. The Labute approximate surface area is 75.0 Å². The maximum atomic E-state index is 4.89. The van der Waals surface area contributed by atoms with Crippen LogP contribution in [0.1, 0.15) is 0 Å². The van der Waals surface area contributed by atoms with Crippen molar-refractivity contribution in [2.24, 2.45) is 0 Å². The Morgan fingerprint density at radius 2 is 2.08 bits per heavy atom. The number of methoxy groups -OCH3 is 1. The van der Waals surface area contributed by atoms with E-state index in [0.29, 0.717) is 11.6 Å². The lowest BCUT2D eigenvalue weighted by atomic mass is 10.4. The van der Waals surface area contributed by atoms with Crippen LogP contribution in [-0.2, 0) is 0 Å². The molecule has 0 spiro atoms. The summed E-state index contributed by atoms with van der Waals surface area (Å²) in [4.78, 5) is 5.34. The van der Waals surface area contributed by atoms with Crippen molar-refractivity contribution >= 4 is 0 Å². The molecule has 0 amide bonds. The number of rotatable bonds is 2. The van der Waals surface area contributed by atoms with Gasteiger partial charge >= 0.3 is 0 Å². The predicted octanol–water partition coefficient (Wildman–Crippen LogP) is 0.471. The number of ether oxygens (including phenoxy) is 1. The summed E-state index contributed by atoms with van der Waals surface area (Å²) in [6.45, 7) is 0. The fraction of sp³-hybridized carbons (Fsp3) is 0.125. The van der Waals surface area contributed by atoms with Gasteiger partial charge in [-0.15, -0.1) is 4.80 Å². The summed E-state index contributed by atoms with van der Waals surface area (Å²) in [6.07, 6.45) is 5.94. The van der Waals surface area contributed by atoms with Gasteiger partial charge in [-0.25, -0.2) is 4.98 Å². The van der Waals surface area contributed by atoms with E-state index in [4.69, 9.17) is 4.74 Å². The third-order valence-corrected chi connectivity index (χ3v) is 1.51. The first-order valence-electron chi connectivity index (χ1n) is 3.69. The average Bonchev–Trinajstić information content (AvgIpc) is 2.71. The monoisotopic (exact) mass is 175 g/mol. The van der Waals surface area contributed by atoms with Gasteiger partial charge in [-0.1, -0.05) is 0 Å². The van der Waals surface area contributed by atoms with Crippen LogP contribution in [0.3, 0.4) is 0 Å². The molecule has 0 N–H and O–H groups in total. The van der Waals surface area contributed by atoms with Crippen LogP contribution in [-0.4, -0.2) is 27.1 Å². The fourth-order valence-electron chi connectivity index (χ4n) is 0.902. The van der Waals surface area contributed by atoms with Crippen LogP contribution in [0.2, 0.25) is 0 Å². The highest BCUT2D eigenvalue weighted by Gasteiger charge is 1.98. The van der Waals surface area contributed by atoms with E-state index in [-0.39, 0.29) is 0 Å². The molecular formula is C8H7N4O. The molecule has 0 unspecified atom stereocenters. The minimum atomic E-state index is 0.524. The molecule has 0 saturated carbocycles. The standard InChI is InChI=1S/C8H7N4O/c1-13-8-3-2-7(6-9-8)12-10-4-5-11-12/h2-5H,1H3. The molecule has 2 aromatic heterocycles. The third kappa shape index (κ3) is 1.48. The first kappa shape index (κ1) is 7.72. The largest absolute Gasteiger partial charge is 0.481 e. The summed E-state index contributed by atoms with van der Waals surface area (Å²) in [5, 5.41) is 7.87. The molecule has 2 rings (SSSR count). The number of nitrogens with zero attached hydrogens (tertiary/aromatic N) is 4. The molecule has 13 heavy (non-hydrogen) atoms. The molecule has 0 aliphatic carbocycles. The van der Waals surface area contributed by atoms with Crippen molar-refractivity contribution in [3.8, 4) is 11.6 Å². The molecule has 0 fully saturated rings. The van der Waals surface area contributed by atoms with Crippen molar-refractivity contribution in [3.05, 3.63) is 30.7 Å². The zero-order chi connectivity index (χ0) is 9.10. The molecule has 5 nitrogen and oxygen atoms in total. The van der Waals surface area contributed by atoms with Crippen molar-refractivity contribution in [2.75, 3.05) is 7.11 Å². The van der Waals surface area contributed by atoms with E-state index in [1.54, 1.807) is 31.6 Å². The van der Waals surface area contributed by atoms with Gasteiger partial charge in [0.05, 0.1) is 19.5 Å². The molecule has 1 radical (unpaired) electrons. The Morgan fingerprint density at radius 1 is 1.31 bits per heavy atom. The van der Waals surface area contributed by atoms with Gasteiger partial charge in [0.1, 0.15) is 11.9 Å². The summed E-state index contributed by atoms with van der Waals surface area (Å²) in [5.74, 6) is 0.524. The summed E-state index contributed by atoms with van der Waals surface area (Å²) in [7, 11) is 1.56. The van der Waals surface area contributed by atoms with Crippen LogP contribution < -0.4 is 4.74 Å². The summed E-state index contributed by atoms with van der Waals surface area (Å²) in [5.41, 5.74) is 0.686. The predicted molar refractivity (Wildman–Crippen MR) is 44.5 cm³/mol. The van der Waals surface area contributed by atoms with Gasteiger partial charge in [-0.2, -0.15) is 10.2 Å². The zero-order valence-electron chi connectivity index (χ0n) is 7.01. The third-order valence-electron chi connectivity index (χ3n) is 1.51. The molecule has 2 heterocycles. The Kier molecular flexibility index (Phi) is 1.91. The van der Waals surface area contributed by atoms with E-state index >= 15 is 0 Å². The molecule has 2 aromatic rings. The Bertz CT molecular complexity index is 368. The van der Waals surface area contributed by atoms with Crippen LogP contribution in [0.25, 0.3) is 5.69 Å². The Morgan fingerprint density at radius 3 is 2.62 bits per heavy atom. The number of hydrogen-bond acceptors (Lipinski definition) is 4.